The highest BCUT2D eigenvalue weighted by molar-refractivity contribution is 5.91. The van der Waals surface area contributed by atoms with Gasteiger partial charge < -0.3 is 10.2 Å². The van der Waals surface area contributed by atoms with Gasteiger partial charge in [-0.05, 0) is 30.9 Å². The van der Waals surface area contributed by atoms with Gasteiger partial charge in [-0.2, -0.15) is 0 Å². The first-order valence-electron chi connectivity index (χ1n) is 9.60. The van der Waals surface area contributed by atoms with Crippen LogP contribution in [0.3, 0.4) is 0 Å². The smallest absolute Gasteiger partial charge is 0.225 e. The van der Waals surface area contributed by atoms with E-state index >= 15 is 0 Å². The summed E-state index contributed by atoms with van der Waals surface area (Å²) in [7, 11) is 0. The summed E-state index contributed by atoms with van der Waals surface area (Å²) in [5.74, 6) is 0.133. The average molecular weight is 329 g/mol. The normalized spacial score (nSPS) is 20.4. The fraction of sp³-hybridized carbons (Fsp3) is 0.650. The Kier molecular flexibility index (Phi) is 6.27. The number of carbonyl (C=O) groups excluding carboxylic acids is 1. The molecule has 0 aromatic heterocycles. The van der Waals surface area contributed by atoms with Crippen LogP contribution in [0.25, 0.3) is 0 Å². The van der Waals surface area contributed by atoms with E-state index in [9.17, 15) is 4.79 Å². The molecule has 0 bridgehead atoms. The third-order valence-electron chi connectivity index (χ3n) is 5.58. The molecule has 2 fully saturated rings. The van der Waals surface area contributed by atoms with Crippen LogP contribution >= 0.6 is 0 Å². The second-order valence-corrected chi connectivity index (χ2v) is 7.12. The molecule has 1 aromatic carbocycles. The first kappa shape index (κ1) is 17.4. The molecule has 1 aliphatic carbocycles. The number of para-hydroxylation sites is 1. The van der Waals surface area contributed by atoms with Crippen LogP contribution in [0.2, 0.25) is 0 Å². The molecule has 1 amide bonds. The predicted molar refractivity (Wildman–Crippen MR) is 99.3 cm³/mol. The van der Waals surface area contributed by atoms with Gasteiger partial charge in [0.05, 0.1) is 0 Å². The third kappa shape index (κ3) is 4.58. The van der Waals surface area contributed by atoms with Gasteiger partial charge >= 0.3 is 0 Å². The second-order valence-electron chi connectivity index (χ2n) is 7.12. The number of nitrogens with zero attached hydrogens (tertiary/aromatic N) is 2. The summed E-state index contributed by atoms with van der Waals surface area (Å²) in [6.07, 6.45) is 7.12. The SMILES string of the molecule is CCc1ccccc1NC(=O)CCN1CCN(C2CCCC2)CC1. The van der Waals surface area contributed by atoms with E-state index < -0.39 is 0 Å². The van der Waals surface area contributed by atoms with Gasteiger partial charge in [-0.25, -0.2) is 0 Å². The minimum atomic E-state index is 0.133. The predicted octanol–water partition coefficient (Wildman–Crippen LogP) is 3.14. The Balaban J connectivity index is 1.39. The monoisotopic (exact) mass is 329 g/mol. The van der Waals surface area contributed by atoms with Crippen LogP contribution in [0.5, 0.6) is 0 Å². The number of hydrogen-bond donors (Lipinski definition) is 1. The standard InChI is InChI=1S/C20H31N3O/c1-2-17-7-3-6-10-19(17)21-20(24)11-12-22-13-15-23(16-14-22)18-8-4-5-9-18/h3,6-7,10,18H,2,4-5,8-9,11-16H2,1H3,(H,21,24). The zero-order valence-electron chi connectivity index (χ0n) is 15.0. The first-order valence-corrected chi connectivity index (χ1v) is 9.60. The van der Waals surface area contributed by atoms with E-state index in [0.717, 1.165) is 37.8 Å². The van der Waals surface area contributed by atoms with Gasteiger partial charge in [-0.3, -0.25) is 9.69 Å². The zero-order valence-corrected chi connectivity index (χ0v) is 15.0. The molecule has 0 unspecified atom stereocenters. The van der Waals surface area contributed by atoms with Gasteiger partial charge in [0.2, 0.25) is 5.91 Å². The fourth-order valence-electron chi connectivity index (χ4n) is 4.04. The van der Waals surface area contributed by atoms with Crippen LogP contribution in [0, 0.1) is 0 Å². The lowest BCUT2D eigenvalue weighted by atomic mass is 10.1. The highest BCUT2D eigenvalue weighted by Gasteiger charge is 2.26. The summed E-state index contributed by atoms with van der Waals surface area (Å²) in [5, 5.41) is 3.08. The van der Waals surface area contributed by atoms with Crippen LogP contribution in [-0.4, -0.2) is 54.5 Å². The van der Waals surface area contributed by atoms with E-state index in [1.807, 2.05) is 18.2 Å². The summed E-state index contributed by atoms with van der Waals surface area (Å²) in [6, 6.07) is 8.92. The maximum atomic E-state index is 12.2. The lowest BCUT2D eigenvalue weighted by Gasteiger charge is -2.38. The molecule has 1 aromatic rings. The van der Waals surface area contributed by atoms with Crippen molar-refractivity contribution in [3.05, 3.63) is 29.8 Å². The number of nitrogens with one attached hydrogen (secondary N) is 1. The summed E-state index contributed by atoms with van der Waals surface area (Å²) in [4.78, 5) is 17.4. The third-order valence-corrected chi connectivity index (χ3v) is 5.58. The Morgan fingerprint density at radius 1 is 1.12 bits per heavy atom. The van der Waals surface area contributed by atoms with E-state index in [-0.39, 0.29) is 5.91 Å². The zero-order chi connectivity index (χ0) is 16.8. The fourth-order valence-corrected chi connectivity index (χ4v) is 4.04. The number of anilines is 1. The largest absolute Gasteiger partial charge is 0.326 e. The first-order chi connectivity index (χ1) is 11.8. The molecule has 2 aliphatic rings. The van der Waals surface area contributed by atoms with E-state index in [0.29, 0.717) is 6.42 Å². The molecule has 4 nitrogen and oxygen atoms in total. The van der Waals surface area contributed by atoms with E-state index in [2.05, 4.69) is 28.1 Å². The Morgan fingerprint density at radius 2 is 1.83 bits per heavy atom. The highest BCUT2D eigenvalue weighted by atomic mass is 16.1. The maximum absolute atomic E-state index is 12.2. The Hall–Kier alpha value is -1.39. The number of rotatable bonds is 6. The number of hydrogen-bond acceptors (Lipinski definition) is 3. The number of amides is 1. The van der Waals surface area contributed by atoms with Gasteiger partial charge in [-0.15, -0.1) is 0 Å². The van der Waals surface area contributed by atoms with Crippen molar-refractivity contribution < 1.29 is 4.79 Å². The molecule has 0 radical (unpaired) electrons. The number of carbonyl (C=O) groups is 1. The quantitative estimate of drug-likeness (QED) is 0.871. The van der Waals surface area contributed by atoms with Crippen LogP contribution in [0.15, 0.2) is 24.3 Å². The highest BCUT2D eigenvalue weighted by Crippen LogP contribution is 2.24. The second kappa shape index (κ2) is 8.63. The van der Waals surface area contributed by atoms with E-state index in [1.54, 1.807) is 0 Å². The Labute approximate surface area is 146 Å². The van der Waals surface area contributed by atoms with Crippen molar-refractivity contribution >= 4 is 11.6 Å². The molecular weight excluding hydrogens is 298 g/mol. The van der Waals surface area contributed by atoms with Crippen LogP contribution in [-0.2, 0) is 11.2 Å². The summed E-state index contributed by atoms with van der Waals surface area (Å²) < 4.78 is 0. The molecule has 1 saturated carbocycles. The average Bonchev–Trinajstić information content (AvgIpc) is 3.15. The van der Waals surface area contributed by atoms with Crippen molar-refractivity contribution in [3.8, 4) is 0 Å². The van der Waals surface area contributed by atoms with Gasteiger partial charge in [0.1, 0.15) is 0 Å². The molecule has 3 rings (SSSR count). The lowest BCUT2D eigenvalue weighted by molar-refractivity contribution is -0.116. The molecule has 1 saturated heterocycles. The maximum Gasteiger partial charge on any atom is 0.225 e. The number of aryl methyl sites for hydroxylation is 1. The topological polar surface area (TPSA) is 35.6 Å². The Bertz CT molecular complexity index is 531. The van der Waals surface area contributed by atoms with Gasteiger partial charge in [0.25, 0.3) is 0 Å². The number of benzene rings is 1. The summed E-state index contributed by atoms with van der Waals surface area (Å²) in [5.41, 5.74) is 2.17. The van der Waals surface area contributed by atoms with E-state index in [1.165, 1.54) is 44.3 Å². The van der Waals surface area contributed by atoms with Crippen LogP contribution in [0.1, 0.15) is 44.6 Å². The van der Waals surface area contributed by atoms with Crippen molar-refractivity contribution in [2.24, 2.45) is 0 Å². The van der Waals surface area contributed by atoms with Crippen LogP contribution < -0.4 is 5.32 Å². The molecule has 4 heteroatoms. The molecule has 0 spiro atoms. The van der Waals surface area contributed by atoms with E-state index in [4.69, 9.17) is 0 Å². The summed E-state index contributed by atoms with van der Waals surface area (Å²) in [6.45, 7) is 7.55. The van der Waals surface area contributed by atoms with Crippen molar-refractivity contribution in [2.75, 3.05) is 38.0 Å². The van der Waals surface area contributed by atoms with Crippen molar-refractivity contribution in [1.29, 1.82) is 0 Å². The molecule has 132 valence electrons. The minimum absolute atomic E-state index is 0.133. The van der Waals surface area contributed by atoms with Gasteiger partial charge in [0, 0.05) is 50.9 Å². The Morgan fingerprint density at radius 3 is 2.54 bits per heavy atom. The summed E-state index contributed by atoms with van der Waals surface area (Å²) >= 11 is 0. The van der Waals surface area contributed by atoms with Crippen molar-refractivity contribution in [1.82, 2.24) is 9.80 Å². The van der Waals surface area contributed by atoms with Gasteiger partial charge in [0.15, 0.2) is 0 Å². The minimum Gasteiger partial charge on any atom is -0.326 e. The molecule has 24 heavy (non-hydrogen) atoms. The van der Waals surface area contributed by atoms with Crippen LogP contribution in [0.4, 0.5) is 5.69 Å². The molecule has 1 aliphatic heterocycles. The van der Waals surface area contributed by atoms with Crippen molar-refractivity contribution in [2.45, 2.75) is 51.5 Å². The van der Waals surface area contributed by atoms with Gasteiger partial charge in [-0.1, -0.05) is 38.0 Å². The van der Waals surface area contributed by atoms with Crippen molar-refractivity contribution in [3.63, 3.8) is 0 Å². The number of piperazine rings is 1. The molecule has 1 N–H and O–H groups in total. The lowest BCUT2D eigenvalue weighted by Crippen LogP contribution is -2.50. The molecular formula is C20H31N3O. The molecule has 0 atom stereocenters. The molecule has 1 heterocycles.